The summed E-state index contributed by atoms with van der Waals surface area (Å²) in [5.74, 6) is 2.24. The van der Waals surface area contributed by atoms with Crippen molar-refractivity contribution >= 4 is 17.6 Å². The predicted octanol–water partition coefficient (Wildman–Crippen LogP) is 4.73. The first-order valence-corrected chi connectivity index (χ1v) is 9.33. The van der Waals surface area contributed by atoms with E-state index in [1.807, 2.05) is 0 Å². The molecule has 0 aliphatic carbocycles. The number of benzene rings is 1. The molecule has 0 aliphatic rings. The summed E-state index contributed by atoms with van der Waals surface area (Å²) in [6, 6.07) is 4.36. The van der Waals surface area contributed by atoms with Gasteiger partial charge in [0.1, 0.15) is 5.82 Å². The Labute approximate surface area is 151 Å². The van der Waals surface area contributed by atoms with E-state index in [-0.39, 0.29) is 0 Å². The molecule has 0 radical (unpaired) electrons. The van der Waals surface area contributed by atoms with Gasteiger partial charge in [0.2, 0.25) is 11.9 Å². The molecule has 136 valence electrons. The van der Waals surface area contributed by atoms with Gasteiger partial charge in [-0.05, 0) is 44.7 Å². The lowest BCUT2D eigenvalue weighted by Crippen LogP contribution is -2.27. The minimum absolute atomic E-state index is 0.633. The van der Waals surface area contributed by atoms with Crippen molar-refractivity contribution in [3.05, 3.63) is 34.6 Å². The molecule has 0 spiro atoms. The second kappa shape index (κ2) is 8.79. The van der Waals surface area contributed by atoms with Gasteiger partial charge in [-0.2, -0.15) is 15.0 Å². The molecule has 1 N–H and O–H groups in total. The Morgan fingerprint density at radius 2 is 1.48 bits per heavy atom. The summed E-state index contributed by atoms with van der Waals surface area (Å²) < 4.78 is 0. The maximum absolute atomic E-state index is 4.71. The third-order valence-corrected chi connectivity index (χ3v) is 4.17. The highest BCUT2D eigenvalue weighted by atomic mass is 15.3. The van der Waals surface area contributed by atoms with Crippen molar-refractivity contribution < 1.29 is 0 Å². The van der Waals surface area contributed by atoms with Gasteiger partial charge in [-0.15, -0.1) is 0 Å². The maximum atomic E-state index is 4.71. The van der Waals surface area contributed by atoms with Crippen LogP contribution in [0.2, 0.25) is 0 Å². The lowest BCUT2D eigenvalue weighted by molar-refractivity contribution is 0.711. The van der Waals surface area contributed by atoms with Crippen molar-refractivity contribution in [2.24, 2.45) is 0 Å². The summed E-state index contributed by atoms with van der Waals surface area (Å²) in [5.41, 5.74) is 4.76. The summed E-state index contributed by atoms with van der Waals surface area (Å²) in [6.07, 6.45) is 2.94. The summed E-state index contributed by atoms with van der Waals surface area (Å²) in [6.45, 7) is 14.7. The molecule has 0 bridgehead atoms. The molecule has 5 heteroatoms. The van der Waals surface area contributed by atoms with E-state index in [1.165, 1.54) is 16.7 Å². The molecule has 0 amide bonds. The Balaban J connectivity index is 2.39. The van der Waals surface area contributed by atoms with Crippen LogP contribution in [0, 0.1) is 20.8 Å². The number of aromatic nitrogens is 3. The van der Waals surface area contributed by atoms with E-state index < -0.39 is 0 Å². The minimum Gasteiger partial charge on any atom is -0.341 e. The Bertz CT molecular complexity index is 682. The molecule has 0 unspecified atom stereocenters. The number of aryl methyl sites for hydroxylation is 4. The quantitative estimate of drug-likeness (QED) is 0.752. The van der Waals surface area contributed by atoms with E-state index in [0.717, 1.165) is 49.8 Å². The maximum Gasteiger partial charge on any atom is 0.232 e. The Kier molecular flexibility index (Phi) is 6.73. The first kappa shape index (κ1) is 19.2. The third kappa shape index (κ3) is 4.91. The fraction of sp³-hybridized carbons (Fsp3) is 0.550. The molecule has 0 fully saturated rings. The molecule has 1 heterocycles. The van der Waals surface area contributed by atoms with E-state index in [9.17, 15) is 0 Å². The zero-order chi connectivity index (χ0) is 18.4. The van der Waals surface area contributed by atoms with Crippen molar-refractivity contribution in [2.75, 3.05) is 23.3 Å². The molecular formula is C20H31N5. The van der Waals surface area contributed by atoms with Crippen molar-refractivity contribution in [3.63, 3.8) is 0 Å². The molecular weight excluding hydrogens is 310 g/mol. The highest BCUT2D eigenvalue weighted by Crippen LogP contribution is 2.25. The van der Waals surface area contributed by atoms with Gasteiger partial charge in [-0.3, -0.25) is 0 Å². The van der Waals surface area contributed by atoms with Crippen LogP contribution < -0.4 is 10.2 Å². The molecule has 2 rings (SSSR count). The smallest absolute Gasteiger partial charge is 0.232 e. The van der Waals surface area contributed by atoms with Crippen molar-refractivity contribution in [1.29, 1.82) is 0 Å². The molecule has 1 aromatic heterocycles. The molecule has 25 heavy (non-hydrogen) atoms. The zero-order valence-electron chi connectivity index (χ0n) is 16.5. The monoisotopic (exact) mass is 341 g/mol. The van der Waals surface area contributed by atoms with E-state index in [2.05, 4.69) is 73.9 Å². The fourth-order valence-corrected chi connectivity index (χ4v) is 3.10. The Morgan fingerprint density at radius 1 is 0.880 bits per heavy atom. The van der Waals surface area contributed by atoms with Crippen LogP contribution in [-0.4, -0.2) is 28.0 Å². The van der Waals surface area contributed by atoms with E-state index in [0.29, 0.717) is 5.95 Å². The number of nitrogens with one attached hydrogen (secondary N) is 1. The largest absolute Gasteiger partial charge is 0.341 e. The Morgan fingerprint density at radius 3 is 2.00 bits per heavy atom. The standard InChI is InChI=1S/C20H31N5/c1-7-10-25(11-8-2)20-22-17(9-3)21-19(24-20)23-18-15(5)12-14(4)13-16(18)6/h12-13H,7-11H2,1-6H3,(H,21,22,23,24). The van der Waals surface area contributed by atoms with Crippen molar-refractivity contribution in [2.45, 2.75) is 60.8 Å². The summed E-state index contributed by atoms with van der Waals surface area (Å²) in [4.78, 5) is 16.2. The highest BCUT2D eigenvalue weighted by molar-refractivity contribution is 5.64. The molecule has 1 aromatic carbocycles. The number of nitrogens with zero attached hydrogens (tertiary/aromatic N) is 4. The molecule has 0 saturated carbocycles. The lowest BCUT2D eigenvalue weighted by atomic mass is 10.1. The fourth-order valence-electron chi connectivity index (χ4n) is 3.10. The van der Waals surface area contributed by atoms with Crippen molar-refractivity contribution in [1.82, 2.24) is 15.0 Å². The molecule has 0 saturated heterocycles. The number of hydrogen-bond donors (Lipinski definition) is 1. The number of anilines is 3. The van der Waals surface area contributed by atoms with E-state index in [1.54, 1.807) is 0 Å². The summed E-state index contributed by atoms with van der Waals surface area (Å²) in [5, 5.41) is 3.43. The SMILES string of the molecule is CCCN(CCC)c1nc(CC)nc(Nc2c(C)cc(C)cc2C)n1. The Hall–Kier alpha value is -2.17. The first-order valence-electron chi connectivity index (χ1n) is 9.33. The van der Waals surface area contributed by atoms with Crippen LogP contribution in [0.3, 0.4) is 0 Å². The normalized spacial score (nSPS) is 10.8. The van der Waals surface area contributed by atoms with Gasteiger partial charge in [-0.25, -0.2) is 0 Å². The van der Waals surface area contributed by atoms with Crippen LogP contribution in [0.15, 0.2) is 12.1 Å². The van der Waals surface area contributed by atoms with Crippen LogP contribution >= 0.6 is 0 Å². The van der Waals surface area contributed by atoms with Gasteiger partial charge in [0, 0.05) is 25.2 Å². The van der Waals surface area contributed by atoms with Crippen LogP contribution in [-0.2, 0) is 6.42 Å². The minimum atomic E-state index is 0.633. The topological polar surface area (TPSA) is 53.9 Å². The van der Waals surface area contributed by atoms with Crippen LogP contribution in [0.25, 0.3) is 0 Å². The van der Waals surface area contributed by atoms with Gasteiger partial charge in [0.15, 0.2) is 0 Å². The molecule has 0 aliphatic heterocycles. The van der Waals surface area contributed by atoms with E-state index >= 15 is 0 Å². The van der Waals surface area contributed by atoms with Gasteiger partial charge in [0.25, 0.3) is 0 Å². The van der Waals surface area contributed by atoms with Crippen LogP contribution in [0.1, 0.15) is 56.1 Å². The van der Waals surface area contributed by atoms with Crippen LogP contribution in [0.4, 0.5) is 17.6 Å². The van der Waals surface area contributed by atoms with Crippen LogP contribution in [0.5, 0.6) is 0 Å². The molecule has 2 aromatic rings. The average Bonchev–Trinajstić information content (AvgIpc) is 2.57. The lowest BCUT2D eigenvalue weighted by Gasteiger charge is -2.22. The molecule has 0 atom stereocenters. The second-order valence-corrected chi connectivity index (χ2v) is 6.61. The molecule has 5 nitrogen and oxygen atoms in total. The van der Waals surface area contributed by atoms with Gasteiger partial charge < -0.3 is 10.2 Å². The second-order valence-electron chi connectivity index (χ2n) is 6.61. The average molecular weight is 342 g/mol. The zero-order valence-corrected chi connectivity index (χ0v) is 16.5. The first-order chi connectivity index (χ1) is 12.0. The summed E-state index contributed by atoms with van der Waals surface area (Å²) >= 11 is 0. The summed E-state index contributed by atoms with van der Waals surface area (Å²) in [7, 11) is 0. The van der Waals surface area contributed by atoms with E-state index in [4.69, 9.17) is 4.98 Å². The highest BCUT2D eigenvalue weighted by Gasteiger charge is 2.13. The third-order valence-electron chi connectivity index (χ3n) is 4.17. The predicted molar refractivity (Wildman–Crippen MR) is 106 cm³/mol. The number of rotatable bonds is 8. The number of hydrogen-bond acceptors (Lipinski definition) is 5. The van der Waals surface area contributed by atoms with Gasteiger partial charge in [-0.1, -0.05) is 38.5 Å². The van der Waals surface area contributed by atoms with Crippen molar-refractivity contribution in [3.8, 4) is 0 Å². The van der Waals surface area contributed by atoms with Gasteiger partial charge >= 0.3 is 0 Å². The van der Waals surface area contributed by atoms with Gasteiger partial charge in [0.05, 0.1) is 0 Å².